The molecule has 1 heterocycles. The predicted octanol–water partition coefficient (Wildman–Crippen LogP) is 3.52. The van der Waals surface area contributed by atoms with Crippen LogP contribution in [0.25, 0.3) is 0 Å². The van der Waals surface area contributed by atoms with E-state index in [1.807, 2.05) is 30.0 Å². The predicted molar refractivity (Wildman–Crippen MR) is 129 cm³/mol. The van der Waals surface area contributed by atoms with Crippen LogP contribution in [-0.2, 0) is 0 Å². The average molecular weight is 463 g/mol. The topological polar surface area (TPSA) is 115 Å². The third kappa shape index (κ3) is 5.89. The summed E-state index contributed by atoms with van der Waals surface area (Å²) in [7, 11) is 0. The average Bonchev–Trinajstić information content (AvgIpc) is 3.65. The van der Waals surface area contributed by atoms with Gasteiger partial charge in [0.25, 0.3) is 11.9 Å². The number of aromatic nitrogens is 2. The first-order valence-electron chi connectivity index (χ1n) is 12.0. The quantitative estimate of drug-likeness (QED) is 0.427. The molecule has 1 aromatic carbocycles. The molecule has 5 rings (SSSR count). The van der Waals surface area contributed by atoms with Crippen molar-refractivity contribution in [1.29, 1.82) is 0 Å². The Balaban J connectivity index is 1.44. The summed E-state index contributed by atoms with van der Waals surface area (Å²) in [6.07, 6.45) is 11.2. The number of nitrogens with zero attached hydrogens (tertiary/aromatic N) is 5. The van der Waals surface area contributed by atoms with Crippen LogP contribution in [0.4, 0.5) is 5.95 Å². The summed E-state index contributed by atoms with van der Waals surface area (Å²) in [5.74, 6) is 2.35. The lowest BCUT2D eigenvalue weighted by Gasteiger charge is -2.29. The number of aliphatic imine (C=N–C) groups is 2. The summed E-state index contributed by atoms with van der Waals surface area (Å²) >= 11 is 0. The van der Waals surface area contributed by atoms with Crippen LogP contribution in [-0.4, -0.2) is 57.7 Å². The van der Waals surface area contributed by atoms with Gasteiger partial charge in [0.05, 0.1) is 24.6 Å². The lowest BCUT2D eigenvalue weighted by Crippen LogP contribution is -2.44. The fourth-order valence-electron chi connectivity index (χ4n) is 3.65. The number of carbonyl (C=O) groups excluding carboxylic acids is 1. The Kier molecular flexibility index (Phi) is 6.42. The highest BCUT2D eigenvalue weighted by Crippen LogP contribution is 2.35. The van der Waals surface area contributed by atoms with Crippen LogP contribution in [0.3, 0.4) is 0 Å². The minimum atomic E-state index is -0.433. The van der Waals surface area contributed by atoms with Crippen LogP contribution >= 0.6 is 0 Å². The number of ether oxygens (including phenoxy) is 2. The largest absolute Gasteiger partial charge is 0.490 e. The number of hydrogen-bond acceptors (Lipinski definition) is 6. The van der Waals surface area contributed by atoms with Crippen molar-refractivity contribution >= 4 is 24.0 Å². The second-order valence-electron chi connectivity index (χ2n) is 9.20. The van der Waals surface area contributed by atoms with Gasteiger partial charge in [0.15, 0.2) is 5.84 Å². The van der Waals surface area contributed by atoms with Gasteiger partial charge in [-0.3, -0.25) is 4.79 Å². The molecular formula is C25H30N6O3. The van der Waals surface area contributed by atoms with Gasteiger partial charge in [-0.25, -0.2) is 15.0 Å². The Morgan fingerprint density at radius 2 is 1.71 bits per heavy atom. The zero-order valence-corrected chi connectivity index (χ0v) is 19.3. The molecule has 9 heteroatoms. The van der Waals surface area contributed by atoms with Crippen molar-refractivity contribution in [3.05, 3.63) is 42.2 Å². The van der Waals surface area contributed by atoms with E-state index in [2.05, 4.69) is 20.0 Å². The highest BCUT2D eigenvalue weighted by molar-refractivity contribution is 6.01. The molecule has 0 spiro atoms. The van der Waals surface area contributed by atoms with E-state index in [9.17, 15) is 4.79 Å². The van der Waals surface area contributed by atoms with E-state index < -0.39 is 6.04 Å². The van der Waals surface area contributed by atoms with E-state index >= 15 is 0 Å². The molecule has 1 amide bonds. The number of carbonyl (C=O) groups is 1. The number of benzene rings is 1. The first-order valence-corrected chi connectivity index (χ1v) is 12.0. The number of amidine groups is 1. The lowest BCUT2D eigenvalue weighted by atomic mass is 10.1. The fraction of sp³-hybridized carbons (Fsp3) is 0.480. The molecule has 1 atom stereocenters. The van der Waals surface area contributed by atoms with Crippen molar-refractivity contribution in [3.63, 3.8) is 0 Å². The van der Waals surface area contributed by atoms with Crippen molar-refractivity contribution in [1.82, 2.24) is 14.9 Å². The zero-order chi connectivity index (χ0) is 23.5. The molecule has 0 saturated heterocycles. The van der Waals surface area contributed by atoms with E-state index in [1.54, 1.807) is 18.5 Å². The van der Waals surface area contributed by atoms with Crippen molar-refractivity contribution in [2.45, 2.75) is 63.7 Å². The molecule has 2 aromatic rings. The third-order valence-electron chi connectivity index (χ3n) is 6.01. The molecule has 178 valence electrons. The summed E-state index contributed by atoms with van der Waals surface area (Å²) in [4.78, 5) is 32.7. The van der Waals surface area contributed by atoms with Crippen molar-refractivity contribution in [2.75, 3.05) is 6.54 Å². The molecule has 3 aliphatic carbocycles. The summed E-state index contributed by atoms with van der Waals surface area (Å²) in [6, 6.07) is 6.81. The molecule has 9 nitrogen and oxygen atoms in total. The Labute approximate surface area is 199 Å². The van der Waals surface area contributed by atoms with Gasteiger partial charge in [-0.15, -0.1) is 0 Å². The van der Waals surface area contributed by atoms with Crippen LogP contribution in [0.5, 0.6) is 11.5 Å². The van der Waals surface area contributed by atoms with Crippen LogP contribution in [0.1, 0.15) is 55.8 Å². The van der Waals surface area contributed by atoms with E-state index in [1.165, 1.54) is 6.34 Å². The normalized spacial score (nSPS) is 19.1. The van der Waals surface area contributed by atoms with Crippen LogP contribution < -0.4 is 15.2 Å². The van der Waals surface area contributed by atoms with E-state index in [4.69, 9.17) is 15.2 Å². The molecule has 0 aliphatic heterocycles. The van der Waals surface area contributed by atoms with Crippen molar-refractivity contribution in [2.24, 2.45) is 21.6 Å². The first kappa shape index (κ1) is 22.3. The van der Waals surface area contributed by atoms with Gasteiger partial charge in [-0.05, 0) is 69.6 Å². The van der Waals surface area contributed by atoms with E-state index in [0.717, 1.165) is 38.5 Å². The standard InChI is InChI=1S/C25H30N6O3/c1-16(23(29-15-26)30-25-27-9-2-10-28-25)31(14-17-3-4-17)24(32)18-11-21(33-19-5-6-19)13-22(12-18)34-20-7-8-20/h2,9-13,15-17,19-20H,3-8,14H2,1H3,(H2,26,27,28,29,30). The molecule has 3 fully saturated rings. The molecule has 1 unspecified atom stereocenters. The molecule has 3 aliphatic rings. The highest BCUT2D eigenvalue weighted by Gasteiger charge is 2.33. The van der Waals surface area contributed by atoms with Gasteiger partial charge >= 0.3 is 0 Å². The highest BCUT2D eigenvalue weighted by atomic mass is 16.5. The van der Waals surface area contributed by atoms with Gasteiger partial charge < -0.3 is 20.1 Å². The monoisotopic (exact) mass is 462 g/mol. The fourth-order valence-corrected chi connectivity index (χ4v) is 3.65. The summed E-state index contributed by atoms with van der Waals surface area (Å²) < 4.78 is 12.1. The van der Waals surface area contributed by atoms with Crippen LogP contribution in [0, 0.1) is 5.92 Å². The third-order valence-corrected chi connectivity index (χ3v) is 6.01. The molecular weight excluding hydrogens is 432 g/mol. The summed E-state index contributed by atoms with van der Waals surface area (Å²) in [6.45, 7) is 2.52. The number of amides is 1. The number of hydrogen-bond donors (Lipinski definition) is 1. The zero-order valence-electron chi connectivity index (χ0n) is 19.3. The minimum absolute atomic E-state index is 0.116. The van der Waals surface area contributed by atoms with Crippen LogP contribution in [0.2, 0.25) is 0 Å². The summed E-state index contributed by atoms with van der Waals surface area (Å²) in [5.41, 5.74) is 6.15. The molecule has 0 bridgehead atoms. The van der Waals surface area contributed by atoms with Gasteiger partial charge in [0, 0.05) is 30.6 Å². The number of rotatable bonds is 10. The van der Waals surface area contributed by atoms with Gasteiger partial charge in [-0.1, -0.05) is 0 Å². The molecule has 3 saturated carbocycles. The van der Waals surface area contributed by atoms with Gasteiger partial charge in [0.1, 0.15) is 11.5 Å². The van der Waals surface area contributed by atoms with Crippen molar-refractivity contribution < 1.29 is 14.3 Å². The Hall–Kier alpha value is -3.49. The van der Waals surface area contributed by atoms with E-state index in [0.29, 0.717) is 35.4 Å². The first-order chi connectivity index (χ1) is 16.6. The van der Waals surface area contributed by atoms with Crippen molar-refractivity contribution in [3.8, 4) is 11.5 Å². The Bertz CT molecular complexity index is 1050. The maximum absolute atomic E-state index is 13.9. The van der Waals surface area contributed by atoms with Gasteiger partial charge in [-0.2, -0.15) is 4.99 Å². The number of nitrogens with two attached hydrogens (primary N) is 1. The van der Waals surface area contributed by atoms with Gasteiger partial charge in [0.2, 0.25) is 0 Å². The Morgan fingerprint density at radius 1 is 1.09 bits per heavy atom. The van der Waals surface area contributed by atoms with E-state index in [-0.39, 0.29) is 24.1 Å². The Morgan fingerprint density at radius 3 is 2.24 bits per heavy atom. The molecule has 34 heavy (non-hydrogen) atoms. The smallest absolute Gasteiger partial charge is 0.254 e. The maximum atomic E-state index is 13.9. The summed E-state index contributed by atoms with van der Waals surface area (Å²) in [5, 5.41) is 0. The lowest BCUT2D eigenvalue weighted by molar-refractivity contribution is 0.0724. The SMILES string of the molecule is CC(/C(N=CN)=N\c1ncccn1)N(CC1CC1)C(=O)c1cc(OC2CC2)cc(OC2CC2)c1. The minimum Gasteiger partial charge on any atom is -0.490 e. The molecule has 2 N–H and O–H groups in total. The molecule has 1 aromatic heterocycles. The second kappa shape index (κ2) is 9.79. The molecule has 0 radical (unpaired) electrons. The van der Waals surface area contributed by atoms with Crippen LogP contribution in [0.15, 0.2) is 46.6 Å². The second-order valence-corrected chi connectivity index (χ2v) is 9.20. The maximum Gasteiger partial charge on any atom is 0.254 e.